The monoisotopic (exact) mass is 340 g/mol. The minimum absolute atomic E-state index is 0.0616. The van der Waals surface area contributed by atoms with Crippen molar-refractivity contribution in [2.75, 3.05) is 6.54 Å². The Hall–Kier alpha value is -1.59. The first-order chi connectivity index (χ1) is 10.4. The molecule has 0 aromatic heterocycles. The normalized spacial score (nSPS) is 18.4. The largest absolute Gasteiger partial charge is 0.352 e. The Kier molecular flexibility index (Phi) is 3.87. The lowest BCUT2D eigenvalue weighted by Crippen LogP contribution is -2.43. The summed E-state index contributed by atoms with van der Waals surface area (Å²) in [4.78, 5) is 37.5. The number of hydrogen-bond donors (Lipinski definition) is 1. The zero-order valence-electron chi connectivity index (χ0n) is 11.9. The summed E-state index contributed by atoms with van der Waals surface area (Å²) in [5.74, 6) is -0.879. The van der Waals surface area contributed by atoms with E-state index < -0.39 is 11.8 Å². The van der Waals surface area contributed by atoms with Gasteiger partial charge in [-0.2, -0.15) is 0 Å². The number of hydrogen-bond acceptors (Lipinski definition) is 3. The maximum atomic E-state index is 12.3. The van der Waals surface area contributed by atoms with Crippen molar-refractivity contribution in [2.24, 2.45) is 5.92 Å². The molecule has 0 spiro atoms. The van der Waals surface area contributed by atoms with Gasteiger partial charge in [-0.15, -0.1) is 0 Å². The van der Waals surface area contributed by atoms with Gasteiger partial charge in [-0.1, -0.05) is 23.2 Å². The molecule has 0 radical (unpaired) electrons. The predicted octanol–water partition coefficient (Wildman–Crippen LogP) is 2.50. The van der Waals surface area contributed by atoms with Crippen LogP contribution in [0.25, 0.3) is 0 Å². The SMILES string of the molecule is C[C@H](NC(=O)CN1C(=O)c2cc(Cl)c(Cl)cc2C1=O)C1CC1. The fourth-order valence-electron chi connectivity index (χ4n) is 2.58. The minimum atomic E-state index is -0.521. The third-order valence-electron chi connectivity index (χ3n) is 4.03. The number of amides is 3. The summed E-state index contributed by atoms with van der Waals surface area (Å²) in [6.07, 6.45) is 2.21. The van der Waals surface area contributed by atoms with Gasteiger partial charge in [0.15, 0.2) is 0 Å². The Balaban J connectivity index is 1.74. The molecule has 22 heavy (non-hydrogen) atoms. The van der Waals surface area contributed by atoms with E-state index in [1.165, 1.54) is 12.1 Å². The molecule has 3 amide bonds. The summed E-state index contributed by atoms with van der Waals surface area (Å²) in [5, 5.41) is 3.23. The van der Waals surface area contributed by atoms with E-state index in [2.05, 4.69) is 5.32 Å². The molecular weight excluding hydrogens is 327 g/mol. The first-order valence-electron chi connectivity index (χ1n) is 7.03. The zero-order valence-corrected chi connectivity index (χ0v) is 13.4. The number of imide groups is 1. The van der Waals surface area contributed by atoms with Gasteiger partial charge in [0.25, 0.3) is 11.8 Å². The molecular formula is C15H14Cl2N2O3. The maximum absolute atomic E-state index is 12.3. The summed E-state index contributed by atoms with van der Waals surface area (Å²) >= 11 is 11.8. The molecule has 1 N–H and O–H groups in total. The summed E-state index contributed by atoms with van der Waals surface area (Å²) in [7, 11) is 0. The van der Waals surface area contributed by atoms with Crippen LogP contribution in [0, 0.1) is 5.92 Å². The highest BCUT2D eigenvalue weighted by Crippen LogP contribution is 2.33. The third-order valence-corrected chi connectivity index (χ3v) is 4.75. The van der Waals surface area contributed by atoms with Gasteiger partial charge in [-0.25, -0.2) is 0 Å². The van der Waals surface area contributed by atoms with Crippen LogP contribution < -0.4 is 5.32 Å². The first-order valence-corrected chi connectivity index (χ1v) is 7.78. The van der Waals surface area contributed by atoms with E-state index in [0.29, 0.717) is 5.92 Å². The molecule has 7 heteroatoms. The Morgan fingerprint density at radius 1 is 1.23 bits per heavy atom. The third kappa shape index (κ3) is 2.71. The van der Waals surface area contributed by atoms with Crippen molar-refractivity contribution in [2.45, 2.75) is 25.8 Å². The van der Waals surface area contributed by atoms with Crippen molar-refractivity contribution >= 4 is 40.9 Å². The zero-order chi connectivity index (χ0) is 16.0. The van der Waals surface area contributed by atoms with Crippen LogP contribution in [0.5, 0.6) is 0 Å². The topological polar surface area (TPSA) is 66.5 Å². The number of benzene rings is 1. The van der Waals surface area contributed by atoms with E-state index in [9.17, 15) is 14.4 Å². The van der Waals surface area contributed by atoms with Crippen LogP contribution in [0.1, 0.15) is 40.5 Å². The molecule has 1 atom stereocenters. The minimum Gasteiger partial charge on any atom is -0.352 e. The number of nitrogens with one attached hydrogen (secondary N) is 1. The number of rotatable bonds is 4. The van der Waals surface area contributed by atoms with Crippen molar-refractivity contribution in [3.8, 4) is 0 Å². The number of halogens is 2. The van der Waals surface area contributed by atoms with Crippen LogP contribution in [-0.2, 0) is 4.79 Å². The predicted molar refractivity (Wildman–Crippen MR) is 82.2 cm³/mol. The molecule has 0 bridgehead atoms. The quantitative estimate of drug-likeness (QED) is 0.856. The van der Waals surface area contributed by atoms with Crippen LogP contribution in [-0.4, -0.2) is 35.2 Å². The molecule has 116 valence electrons. The van der Waals surface area contributed by atoms with Crippen molar-refractivity contribution in [3.63, 3.8) is 0 Å². The Bertz CT molecular complexity index is 645. The number of fused-ring (bicyclic) bond motifs is 1. The molecule has 2 aliphatic rings. The molecule has 1 heterocycles. The van der Waals surface area contributed by atoms with E-state index in [0.717, 1.165) is 17.7 Å². The average molecular weight is 341 g/mol. The van der Waals surface area contributed by atoms with Crippen LogP contribution in [0.2, 0.25) is 10.0 Å². The number of carbonyl (C=O) groups is 3. The van der Waals surface area contributed by atoms with E-state index in [1.54, 1.807) is 0 Å². The van der Waals surface area contributed by atoms with Crippen LogP contribution in [0.4, 0.5) is 0 Å². The fourth-order valence-corrected chi connectivity index (χ4v) is 2.91. The van der Waals surface area contributed by atoms with E-state index in [4.69, 9.17) is 23.2 Å². The molecule has 0 saturated heterocycles. The summed E-state index contributed by atoms with van der Waals surface area (Å²) < 4.78 is 0. The standard InChI is InChI=1S/C15H14Cl2N2O3/c1-7(8-2-3-8)18-13(20)6-19-14(21)9-4-11(16)12(17)5-10(9)15(19)22/h4-5,7-8H,2-3,6H2,1H3,(H,18,20)/t7-/m0/s1. The number of nitrogens with zero attached hydrogens (tertiary/aromatic N) is 1. The molecule has 3 rings (SSSR count). The van der Waals surface area contributed by atoms with Crippen LogP contribution in [0.15, 0.2) is 12.1 Å². The van der Waals surface area contributed by atoms with E-state index in [-0.39, 0.29) is 39.7 Å². The molecule has 1 saturated carbocycles. The van der Waals surface area contributed by atoms with Crippen LogP contribution in [0.3, 0.4) is 0 Å². The highest BCUT2D eigenvalue weighted by molar-refractivity contribution is 6.43. The molecule has 5 nitrogen and oxygen atoms in total. The molecule has 1 aromatic carbocycles. The second-order valence-corrected chi connectivity index (χ2v) is 6.52. The highest BCUT2D eigenvalue weighted by atomic mass is 35.5. The van der Waals surface area contributed by atoms with Gasteiger partial charge in [-0.3, -0.25) is 19.3 Å². The lowest BCUT2D eigenvalue weighted by Gasteiger charge is -2.17. The van der Waals surface area contributed by atoms with Gasteiger partial charge >= 0.3 is 0 Å². The molecule has 1 aromatic rings. The molecule has 0 unspecified atom stereocenters. The van der Waals surface area contributed by atoms with E-state index in [1.807, 2.05) is 6.92 Å². The Morgan fingerprint density at radius 3 is 2.18 bits per heavy atom. The van der Waals surface area contributed by atoms with Crippen molar-refractivity contribution in [3.05, 3.63) is 33.3 Å². The van der Waals surface area contributed by atoms with Gasteiger partial charge in [0.1, 0.15) is 6.54 Å². The van der Waals surface area contributed by atoms with Gasteiger partial charge in [0, 0.05) is 6.04 Å². The lowest BCUT2D eigenvalue weighted by atomic mass is 10.1. The van der Waals surface area contributed by atoms with Gasteiger partial charge < -0.3 is 5.32 Å². The van der Waals surface area contributed by atoms with Crippen molar-refractivity contribution < 1.29 is 14.4 Å². The summed E-state index contributed by atoms with van der Waals surface area (Å²) in [5.41, 5.74) is 0.366. The second kappa shape index (κ2) is 5.56. The Morgan fingerprint density at radius 2 is 1.73 bits per heavy atom. The van der Waals surface area contributed by atoms with Gasteiger partial charge in [0.05, 0.1) is 21.2 Å². The molecule has 1 aliphatic heterocycles. The number of carbonyl (C=O) groups excluding carboxylic acids is 3. The Labute approximate surface area is 137 Å². The first kappa shape index (κ1) is 15.3. The lowest BCUT2D eigenvalue weighted by molar-refractivity contribution is -0.122. The van der Waals surface area contributed by atoms with Gasteiger partial charge in [-0.05, 0) is 37.8 Å². The fraction of sp³-hybridized carbons (Fsp3) is 0.400. The summed E-state index contributed by atoms with van der Waals surface area (Å²) in [6.45, 7) is 1.64. The van der Waals surface area contributed by atoms with Crippen molar-refractivity contribution in [1.82, 2.24) is 10.2 Å². The smallest absolute Gasteiger partial charge is 0.262 e. The van der Waals surface area contributed by atoms with Crippen LogP contribution >= 0.6 is 23.2 Å². The molecule has 1 fully saturated rings. The van der Waals surface area contributed by atoms with Gasteiger partial charge in [0.2, 0.25) is 5.91 Å². The van der Waals surface area contributed by atoms with E-state index >= 15 is 0 Å². The highest BCUT2D eigenvalue weighted by Gasteiger charge is 2.38. The maximum Gasteiger partial charge on any atom is 0.262 e. The second-order valence-electron chi connectivity index (χ2n) is 5.70. The van der Waals surface area contributed by atoms with Crippen molar-refractivity contribution in [1.29, 1.82) is 0 Å². The molecule has 1 aliphatic carbocycles. The average Bonchev–Trinajstić information content (AvgIpc) is 3.27. The summed E-state index contributed by atoms with van der Waals surface area (Å²) in [6, 6.07) is 2.79.